The Morgan fingerprint density at radius 2 is 1.95 bits per heavy atom. The highest BCUT2D eigenvalue weighted by Crippen LogP contribution is 2.32. The number of hydrogen-bond donors (Lipinski definition) is 2. The summed E-state index contributed by atoms with van der Waals surface area (Å²) in [5.74, 6) is -3.36. The molecular weight excluding hydrogens is 557 g/mol. The van der Waals surface area contributed by atoms with E-state index in [9.17, 15) is 27.6 Å². The van der Waals surface area contributed by atoms with E-state index < -0.39 is 30.2 Å². The van der Waals surface area contributed by atoms with E-state index in [0.717, 1.165) is 28.2 Å². The molecule has 0 aliphatic carbocycles. The zero-order valence-electron chi connectivity index (χ0n) is 20.4. The molecular formula is C26H20ClF3N4O4S. The SMILES string of the molecule is CC(C)(COC(=O)C(F)(F)F)NC(=O)c1ccc(Cl)c(N=C2NC(=O)/C(=C/c3ccc4ncccc4c3)S2)c1. The molecule has 1 aliphatic heterocycles. The van der Waals surface area contributed by atoms with Crippen LogP contribution in [0.4, 0.5) is 18.9 Å². The molecule has 0 atom stereocenters. The highest BCUT2D eigenvalue weighted by atomic mass is 35.5. The zero-order valence-corrected chi connectivity index (χ0v) is 22.0. The lowest BCUT2D eigenvalue weighted by Crippen LogP contribution is -2.48. The van der Waals surface area contributed by atoms with Gasteiger partial charge < -0.3 is 15.4 Å². The molecule has 1 aromatic heterocycles. The van der Waals surface area contributed by atoms with Gasteiger partial charge in [0.1, 0.15) is 6.61 Å². The third-order valence-corrected chi connectivity index (χ3v) is 6.48. The van der Waals surface area contributed by atoms with Crippen molar-refractivity contribution in [2.45, 2.75) is 25.6 Å². The van der Waals surface area contributed by atoms with Gasteiger partial charge in [-0.1, -0.05) is 23.7 Å². The maximum absolute atomic E-state index is 12.7. The summed E-state index contributed by atoms with van der Waals surface area (Å²) < 4.78 is 41.4. The second kappa shape index (κ2) is 11.1. The van der Waals surface area contributed by atoms with Crippen LogP contribution in [0, 0.1) is 0 Å². The van der Waals surface area contributed by atoms with Crippen molar-refractivity contribution in [1.82, 2.24) is 15.6 Å². The zero-order chi connectivity index (χ0) is 28.4. The quantitative estimate of drug-likeness (QED) is 0.301. The Hall–Kier alpha value is -3.90. The van der Waals surface area contributed by atoms with Gasteiger partial charge in [0.05, 0.1) is 26.7 Å². The number of carbonyl (C=O) groups is 3. The second-order valence-corrected chi connectivity index (χ2v) is 10.5. The van der Waals surface area contributed by atoms with Crippen molar-refractivity contribution in [2.24, 2.45) is 4.99 Å². The number of carbonyl (C=O) groups excluding carboxylic acids is 3. The Kier molecular flexibility index (Phi) is 7.98. The highest BCUT2D eigenvalue weighted by Gasteiger charge is 2.42. The molecule has 1 aliphatic rings. The number of aromatic nitrogens is 1. The number of ether oxygens (including phenoxy) is 1. The smallest absolute Gasteiger partial charge is 0.457 e. The Bertz CT molecular complexity index is 1540. The molecule has 1 fully saturated rings. The van der Waals surface area contributed by atoms with Gasteiger partial charge in [-0.15, -0.1) is 0 Å². The third kappa shape index (κ3) is 7.15. The third-order valence-electron chi connectivity index (χ3n) is 5.25. The van der Waals surface area contributed by atoms with Crippen molar-refractivity contribution in [3.05, 3.63) is 75.8 Å². The molecule has 3 aromatic rings. The van der Waals surface area contributed by atoms with Gasteiger partial charge in [0, 0.05) is 17.1 Å². The van der Waals surface area contributed by atoms with Gasteiger partial charge in [0.2, 0.25) is 0 Å². The average Bonchev–Trinajstić information content (AvgIpc) is 3.21. The number of amidine groups is 1. The first-order chi connectivity index (χ1) is 18.3. The molecule has 0 spiro atoms. The van der Waals surface area contributed by atoms with Crippen LogP contribution in [0.3, 0.4) is 0 Å². The largest absolute Gasteiger partial charge is 0.490 e. The molecule has 1 saturated heterocycles. The lowest BCUT2D eigenvalue weighted by molar-refractivity contribution is -0.201. The first kappa shape index (κ1) is 28.1. The molecule has 2 N–H and O–H groups in total. The van der Waals surface area contributed by atoms with Crippen LogP contribution in [-0.4, -0.2) is 46.3 Å². The molecule has 39 heavy (non-hydrogen) atoms. The summed E-state index contributed by atoms with van der Waals surface area (Å²) in [6.07, 6.45) is -1.72. The summed E-state index contributed by atoms with van der Waals surface area (Å²) >= 11 is 7.35. The van der Waals surface area contributed by atoms with Crippen LogP contribution in [0.2, 0.25) is 5.02 Å². The summed E-state index contributed by atoms with van der Waals surface area (Å²) in [5, 5.41) is 6.54. The van der Waals surface area contributed by atoms with Crippen LogP contribution in [0.5, 0.6) is 0 Å². The average molecular weight is 577 g/mol. The fourth-order valence-electron chi connectivity index (χ4n) is 3.41. The molecule has 4 rings (SSSR count). The monoisotopic (exact) mass is 576 g/mol. The van der Waals surface area contributed by atoms with E-state index in [2.05, 4.69) is 25.3 Å². The van der Waals surface area contributed by atoms with E-state index in [-0.39, 0.29) is 27.3 Å². The lowest BCUT2D eigenvalue weighted by atomic mass is 10.1. The van der Waals surface area contributed by atoms with E-state index in [1.54, 1.807) is 12.3 Å². The van der Waals surface area contributed by atoms with E-state index in [1.807, 2.05) is 30.3 Å². The molecule has 8 nitrogen and oxygen atoms in total. The summed E-state index contributed by atoms with van der Waals surface area (Å²) in [7, 11) is 0. The number of halogens is 4. The number of alkyl halides is 3. The van der Waals surface area contributed by atoms with Gasteiger partial charge in [-0.3, -0.25) is 14.6 Å². The number of amides is 2. The van der Waals surface area contributed by atoms with Crippen molar-refractivity contribution in [2.75, 3.05) is 6.61 Å². The predicted octanol–water partition coefficient (Wildman–Crippen LogP) is 5.39. The van der Waals surface area contributed by atoms with Gasteiger partial charge >= 0.3 is 12.1 Å². The van der Waals surface area contributed by atoms with Crippen LogP contribution in [0.1, 0.15) is 29.8 Å². The summed E-state index contributed by atoms with van der Waals surface area (Å²) in [6, 6.07) is 13.5. The highest BCUT2D eigenvalue weighted by molar-refractivity contribution is 8.18. The molecule has 2 heterocycles. The predicted molar refractivity (Wildman–Crippen MR) is 143 cm³/mol. The van der Waals surface area contributed by atoms with Crippen molar-refractivity contribution < 1.29 is 32.3 Å². The number of pyridine rings is 1. The molecule has 0 saturated carbocycles. The topological polar surface area (TPSA) is 110 Å². The first-order valence-corrected chi connectivity index (χ1v) is 12.5. The fraction of sp³-hybridized carbons (Fsp3) is 0.192. The van der Waals surface area contributed by atoms with E-state index in [1.165, 1.54) is 32.0 Å². The van der Waals surface area contributed by atoms with E-state index in [0.29, 0.717) is 4.91 Å². The number of hydrogen-bond acceptors (Lipinski definition) is 7. The molecule has 2 aromatic carbocycles. The Balaban J connectivity index is 1.48. The number of esters is 1. The van der Waals surface area contributed by atoms with Crippen LogP contribution in [-0.2, 0) is 14.3 Å². The number of nitrogens with zero attached hydrogens (tertiary/aromatic N) is 2. The first-order valence-electron chi connectivity index (χ1n) is 11.3. The number of benzene rings is 2. The Morgan fingerprint density at radius 1 is 1.18 bits per heavy atom. The van der Waals surface area contributed by atoms with Crippen molar-refractivity contribution in [1.29, 1.82) is 0 Å². The summed E-state index contributed by atoms with van der Waals surface area (Å²) in [6.45, 7) is 2.10. The van der Waals surface area contributed by atoms with Gasteiger partial charge in [0.15, 0.2) is 5.17 Å². The minimum absolute atomic E-state index is 0.101. The fourth-order valence-corrected chi connectivity index (χ4v) is 4.40. The maximum Gasteiger partial charge on any atom is 0.490 e. The number of fused-ring (bicyclic) bond motifs is 1. The molecule has 13 heteroatoms. The van der Waals surface area contributed by atoms with Crippen LogP contribution in [0.25, 0.3) is 17.0 Å². The van der Waals surface area contributed by atoms with Gasteiger partial charge in [-0.05, 0) is 73.6 Å². The van der Waals surface area contributed by atoms with E-state index in [4.69, 9.17) is 11.6 Å². The van der Waals surface area contributed by atoms with Gasteiger partial charge in [-0.25, -0.2) is 9.79 Å². The second-order valence-electron chi connectivity index (χ2n) is 9.02. The van der Waals surface area contributed by atoms with Gasteiger partial charge in [0.25, 0.3) is 11.8 Å². The number of nitrogens with one attached hydrogen (secondary N) is 2. The van der Waals surface area contributed by atoms with Gasteiger partial charge in [-0.2, -0.15) is 13.2 Å². The maximum atomic E-state index is 12.7. The molecule has 0 unspecified atom stereocenters. The lowest BCUT2D eigenvalue weighted by Gasteiger charge is -2.26. The molecule has 2 amide bonds. The molecule has 0 radical (unpaired) electrons. The van der Waals surface area contributed by atoms with Crippen LogP contribution < -0.4 is 10.6 Å². The Morgan fingerprint density at radius 3 is 2.69 bits per heavy atom. The minimum Gasteiger partial charge on any atom is -0.457 e. The standard InChI is InChI=1S/C26H20ClF3N4O4S/c1-25(2,13-38-23(37)26(28,29)30)34-21(35)16-6-7-17(27)19(12-16)32-24-33-22(36)20(39-24)11-14-5-8-18-15(10-14)4-3-9-31-18/h3-12H,13H2,1-2H3,(H,34,35)(H,32,33,36)/b20-11-. The summed E-state index contributed by atoms with van der Waals surface area (Å²) in [5.41, 5.74) is 0.608. The molecule has 202 valence electrons. The molecule has 0 bridgehead atoms. The van der Waals surface area contributed by atoms with E-state index >= 15 is 0 Å². The number of aliphatic imine (C=N–C) groups is 1. The summed E-state index contributed by atoms with van der Waals surface area (Å²) in [4.78, 5) is 45.3. The number of rotatable bonds is 6. The van der Waals surface area contributed by atoms with Crippen molar-refractivity contribution in [3.63, 3.8) is 0 Å². The van der Waals surface area contributed by atoms with Crippen LogP contribution >= 0.6 is 23.4 Å². The number of thioether (sulfide) groups is 1. The normalized spacial score (nSPS) is 16.0. The minimum atomic E-state index is -5.14. The Labute approximate surface area is 229 Å². The van der Waals surface area contributed by atoms with Crippen LogP contribution in [0.15, 0.2) is 64.6 Å². The van der Waals surface area contributed by atoms with Crippen molar-refractivity contribution >= 4 is 69.0 Å². The van der Waals surface area contributed by atoms with Crippen molar-refractivity contribution in [3.8, 4) is 0 Å².